The van der Waals surface area contributed by atoms with Gasteiger partial charge in [0.2, 0.25) is 0 Å². The van der Waals surface area contributed by atoms with Gasteiger partial charge in [-0.3, -0.25) is 0 Å². The zero-order valence-corrected chi connectivity index (χ0v) is 26.9. The molecule has 2 heteroatoms. The van der Waals surface area contributed by atoms with Gasteiger partial charge in [-0.2, -0.15) is 0 Å². The Morgan fingerprint density at radius 1 is 0.354 bits per heavy atom. The van der Waals surface area contributed by atoms with Crippen molar-refractivity contribution in [2.45, 2.75) is 0 Å². The molecule has 0 amide bonds. The molecule has 0 saturated carbocycles. The van der Waals surface area contributed by atoms with Crippen LogP contribution in [0.15, 0.2) is 176 Å². The van der Waals surface area contributed by atoms with Crippen molar-refractivity contribution < 1.29 is 0 Å². The summed E-state index contributed by atoms with van der Waals surface area (Å²) in [6.45, 7) is 0. The van der Waals surface area contributed by atoms with Gasteiger partial charge in [0, 0.05) is 26.5 Å². The fraction of sp³-hybridized carbons (Fsp3) is 0. The predicted octanol–water partition coefficient (Wildman–Crippen LogP) is 13.8. The van der Waals surface area contributed by atoms with Crippen LogP contribution in [0.1, 0.15) is 0 Å². The number of fused-ring (bicyclic) bond motifs is 10. The van der Waals surface area contributed by atoms with Crippen molar-refractivity contribution in [2.75, 3.05) is 4.90 Å². The summed E-state index contributed by atoms with van der Waals surface area (Å²) in [6, 6.07) is 64.5. The monoisotopic (exact) mass is 627 g/mol. The van der Waals surface area contributed by atoms with Crippen molar-refractivity contribution in [2.24, 2.45) is 0 Å². The minimum atomic E-state index is 1.13. The molecule has 1 nitrogen and oxygen atoms in total. The van der Waals surface area contributed by atoms with Gasteiger partial charge in [-0.1, -0.05) is 146 Å². The van der Waals surface area contributed by atoms with Crippen LogP contribution >= 0.6 is 11.3 Å². The molecule has 48 heavy (non-hydrogen) atoms. The summed E-state index contributed by atoms with van der Waals surface area (Å²) < 4.78 is 2.60. The van der Waals surface area contributed by atoms with Crippen LogP contribution in [-0.4, -0.2) is 0 Å². The normalized spacial score (nSPS) is 11.8. The summed E-state index contributed by atoms with van der Waals surface area (Å²) in [4.78, 5) is 2.49. The molecule has 0 aliphatic heterocycles. The lowest BCUT2D eigenvalue weighted by Gasteiger charge is -2.28. The number of rotatable bonds is 4. The highest BCUT2D eigenvalue weighted by Gasteiger charge is 2.22. The van der Waals surface area contributed by atoms with E-state index in [1.54, 1.807) is 0 Å². The van der Waals surface area contributed by atoms with Crippen LogP contribution in [0.2, 0.25) is 0 Å². The van der Waals surface area contributed by atoms with Crippen molar-refractivity contribution in [3.63, 3.8) is 0 Å². The third-order valence-corrected chi connectivity index (χ3v) is 11.0. The minimum Gasteiger partial charge on any atom is -0.308 e. The molecule has 0 spiro atoms. The zero-order chi connectivity index (χ0) is 31.6. The van der Waals surface area contributed by atoms with Gasteiger partial charge in [-0.05, 0) is 79.2 Å². The van der Waals surface area contributed by atoms with E-state index in [0.717, 1.165) is 5.69 Å². The molecule has 0 N–H and O–H groups in total. The van der Waals surface area contributed by atoms with Gasteiger partial charge in [0.1, 0.15) is 0 Å². The molecule has 10 aromatic rings. The summed E-state index contributed by atoms with van der Waals surface area (Å²) >= 11 is 1.88. The largest absolute Gasteiger partial charge is 0.308 e. The van der Waals surface area contributed by atoms with Crippen LogP contribution in [0, 0.1) is 0 Å². The van der Waals surface area contributed by atoms with Crippen molar-refractivity contribution in [3.05, 3.63) is 176 Å². The van der Waals surface area contributed by atoms with Crippen LogP contribution in [-0.2, 0) is 0 Å². The maximum Gasteiger partial charge on any atom is 0.0640 e. The van der Waals surface area contributed by atoms with Gasteiger partial charge < -0.3 is 4.90 Å². The second kappa shape index (κ2) is 10.8. The van der Waals surface area contributed by atoms with Gasteiger partial charge in [-0.15, -0.1) is 11.3 Å². The molecular weight excluding hydrogens is 599 g/mol. The molecule has 1 heterocycles. The minimum absolute atomic E-state index is 1.13. The van der Waals surface area contributed by atoms with E-state index in [9.17, 15) is 0 Å². The Hall–Kier alpha value is -5.96. The Morgan fingerprint density at radius 3 is 1.79 bits per heavy atom. The predicted molar refractivity (Wildman–Crippen MR) is 209 cm³/mol. The lowest BCUT2D eigenvalue weighted by molar-refractivity contribution is 1.32. The maximum atomic E-state index is 2.49. The number of hydrogen-bond donors (Lipinski definition) is 0. The van der Waals surface area contributed by atoms with E-state index in [0.29, 0.717) is 0 Å². The van der Waals surface area contributed by atoms with E-state index in [-0.39, 0.29) is 0 Å². The van der Waals surface area contributed by atoms with Crippen molar-refractivity contribution >= 4 is 91.7 Å². The first-order chi connectivity index (χ1) is 23.8. The van der Waals surface area contributed by atoms with Gasteiger partial charge in [0.15, 0.2) is 0 Å². The van der Waals surface area contributed by atoms with Crippen molar-refractivity contribution in [1.29, 1.82) is 0 Å². The average molecular weight is 628 g/mol. The highest BCUT2D eigenvalue weighted by atomic mass is 32.1. The second-order valence-electron chi connectivity index (χ2n) is 12.5. The summed E-state index contributed by atoms with van der Waals surface area (Å²) in [7, 11) is 0. The molecule has 10 rings (SSSR count). The summed E-state index contributed by atoms with van der Waals surface area (Å²) in [6.07, 6.45) is 0. The second-order valence-corrected chi connectivity index (χ2v) is 13.5. The van der Waals surface area contributed by atoms with Crippen LogP contribution < -0.4 is 4.90 Å². The van der Waals surface area contributed by atoms with Crippen LogP contribution in [0.25, 0.3) is 74.4 Å². The number of hydrogen-bond acceptors (Lipinski definition) is 2. The molecule has 0 fully saturated rings. The molecular formula is C46H29NS. The van der Waals surface area contributed by atoms with Crippen molar-refractivity contribution in [1.82, 2.24) is 0 Å². The summed E-state index contributed by atoms with van der Waals surface area (Å²) in [5, 5.41) is 12.8. The van der Waals surface area contributed by atoms with E-state index in [4.69, 9.17) is 0 Å². The standard InChI is InChI=1S/C46H29NS/c1-2-11-30(12-3-1)31-25-27-35(28-26-31)47(41-19-10-18-40-38-16-8-9-20-43(38)48-46(40)41)42-29-34-24-23-33-22-21-32-13-4-5-14-36(32)44(33)45(34)39-17-7-6-15-37(39)42/h1-29H. The van der Waals surface area contributed by atoms with Crippen LogP contribution in [0.4, 0.5) is 17.1 Å². The van der Waals surface area contributed by atoms with Gasteiger partial charge >= 0.3 is 0 Å². The van der Waals surface area contributed by atoms with E-state index in [2.05, 4.69) is 181 Å². The Labute approximate surface area is 282 Å². The fourth-order valence-electron chi connectivity index (χ4n) is 7.61. The molecule has 0 atom stereocenters. The lowest BCUT2D eigenvalue weighted by atomic mass is 9.92. The quantitative estimate of drug-likeness (QED) is 0.176. The molecule has 224 valence electrons. The molecule has 0 unspecified atom stereocenters. The van der Waals surface area contributed by atoms with E-state index < -0.39 is 0 Å². The molecule has 0 aliphatic carbocycles. The number of thiophene rings is 1. The Balaban J connectivity index is 1.30. The molecule has 0 radical (unpaired) electrons. The third kappa shape index (κ3) is 4.17. The third-order valence-electron chi connectivity index (χ3n) is 9.80. The molecule has 0 aliphatic rings. The van der Waals surface area contributed by atoms with E-state index >= 15 is 0 Å². The molecule has 1 aromatic heterocycles. The summed E-state index contributed by atoms with van der Waals surface area (Å²) in [5.74, 6) is 0. The zero-order valence-electron chi connectivity index (χ0n) is 26.1. The van der Waals surface area contributed by atoms with E-state index in [1.165, 1.54) is 85.8 Å². The first-order valence-corrected chi connectivity index (χ1v) is 17.3. The first kappa shape index (κ1) is 27.2. The first-order valence-electron chi connectivity index (χ1n) is 16.4. The van der Waals surface area contributed by atoms with Crippen molar-refractivity contribution in [3.8, 4) is 11.1 Å². The van der Waals surface area contributed by atoms with E-state index in [1.807, 2.05) is 11.3 Å². The number of benzene rings is 9. The number of nitrogens with zero attached hydrogens (tertiary/aromatic N) is 1. The summed E-state index contributed by atoms with van der Waals surface area (Å²) in [5.41, 5.74) is 5.93. The molecule has 0 saturated heterocycles. The topological polar surface area (TPSA) is 3.24 Å². The SMILES string of the molecule is c1ccc(-c2ccc(N(c3cc4ccc5ccc6ccccc6c5c4c4ccccc34)c3cccc4c3sc3ccccc34)cc2)cc1. The Morgan fingerprint density at radius 2 is 0.958 bits per heavy atom. The fourth-order valence-corrected chi connectivity index (χ4v) is 8.81. The average Bonchev–Trinajstić information content (AvgIpc) is 3.55. The Bertz CT molecular complexity index is 2830. The number of anilines is 3. The van der Waals surface area contributed by atoms with Crippen LogP contribution in [0.5, 0.6) is 0 Å². The highest BCUT2D eigenvalue weighted by molar-refractivity contribution is 7.26. The lowest BCUT2D eigenvalue weighted by Crippen LogP contribution is -2.11. The Kier molecular flexibility index (Phi) is 6.12. The van der Waals surface area contributed by atoms with Crippen LogP contribution in [0.3, 0.4) is 0 Å². The maximum absolute atomic E-state index is 2.49. The van der Waals surface area contributed by atoms with Gasteiger partial charge in [0.25, 0.3) is 0 Å². The van der Waals surface area contributed by atoms with Gasteiger partial charge in [-0.25, -0.2) is 0 Å². The highest BCUT2D eigenvalue weighted by Crippen LogP contribution is 2.48. The molecule has 9 aromatic carbocycles. The van der Waals surface area contributed by atoms with Gasteiger partial charge in [0.05, 0.1) is 16.1 Å². The molecule has 0 bridgehead atoms. The smallest absolute Gasteiger partial charge is 0.0640 e.